The number of anilines is 1. The molecule has 0 radical (unpaired) electrons. The molecule has 7 nitrogen and oxygen atoms in total. The predicted octanol–water partition coefficient (Wildman–Crippen LogP) is 6.34. The van der Waals surface area contributed by atoms with E-state index < -0.39 is 23.5 Å². The van der Waals surface area contributed by atoms with Gasteiger partial charge >= 0.3 is 0 Å². The lowest BCUT2D eigenvalue weighted by atomic mass is 9.94. The zero-order chi connectivity index (χ0) is 26.9. The van der Waals surface area contributed by atoms with Crippen LogP contribution in [0.25, 0.3) is 5.76 Å². The van der Waals surface area contributed by atoms with Crippen LogP contribution in [0.15, 0.2) is 60.2 Å². The molecular weight excluding hydrogens is 517 g/mol. The van der Waals surface area contributed by atoms with Crippen molar-refractivity contribution in [2.45, 2.75) is 19.9 Å². The number of aliphatic hydroxyl groups excluding tert-OH is 1. The molecule has 3 aromatic carbocycles. The minimum Gasteiger partial charge on any atom is -0.507 e. The third-order valence-electron chi connectivity index (χ3n) is 6.00. The summed E-state index contributed by atoms with van der Waals surface area (Å²) in [7, 11) is 2.75. The van der Waals surface area contributed by atoms with E-state index in [9.17, 15) is 14.7 Å². The Kier molecular flexibility index (Phi) is 7.66. The van der Waals surface area contributed by atoms with E-state index in [-0.39, 0.29) is 32.7 Å². The van der Waals surface area contributed by atoms with Gasteiger partial charge in [0.15, 0.2) is 11.5 Å². The molecule has 1 N–H and O–H groups in total. The molecule has 1 atom stereocenters. The minimum absolute atomic E-state index is 0.0156. The highest BCUT2D eigenvalue weighted by Crippen LogP contribution is 2.48. The van der Waals surface area contributed by atoms with Crippen LogP contribution in [0.3, 0.4) is 0 Å². The maximum absolute atomic E-state index is 13.5. The molecule has 1 unspecified atom stereocenters. The highest BCUT2D eigenvalue weighted by atomic mass is 35.5. The molecule has 37 heavy (non-hydrogen) atoms. The first-order chi connectivity index (χ1) is 17.7. The highest BCUT2D eigenvalue weighted by molar-refractivity contribution is 6.52. The molecular formula is C28H25Cl2NO6. The maximum atomic E-state index is 13.5. The van der Waals surface area contributed by atoms with Crippen LogP contribution in [-0.2, 0) is 9.59 Å². The number of nitrogens with zero attached hydrogens (tertiary/aromatic N) is 1. The third-order valence-corrected chi connectivity index (χ3v) is 6.63. The number of carbonyl (C=O) groups excluding carboxylic acids is 2. The quantitative estimate of drug-likeness (QED) is 0.213. The highest BCUT2D eigenvalue weighted by Gasteiger charge is 2.47. The Morgan fingerprint density at radius 3 is 2.35 bits per heavy atom. The second-order valence-electron chi connectivity index (χ2n) is 8.30. The molecule has 0 aromatic heterocycles. The molecule has 0 aliphatic carbocycles. The van der Waals surface area contributed by atoms with Crippen LogP contribution in [0.1, 0.15) is 29.7 Å². The Bertz CT molecular complexity index is 1420. The van der Waals surface area contributed by atoms with Crippen LogP contribution >= 0.6 is 23.2 Å². The van der Waals surface area contributed by atoms with Gasteiger partial charge in [0.05, 0.1) is 43.0 Å². The van der Waals surface area contributed by atoms with Gasteiger partial charge in [0.2, 0.25) is 0 Å². The van der Waals surface area contributed by atoms with Gasteiger partial charge < -0.3 is 19.3 Å². The largest absolute Gasteiger partial charge is 0.507 e. The van der Waals surface area contributed by atoms with Gasteiger partial charge in [0, 0.05) is 5.69 Å². The summed E-state index contributed by atoms with van der Waals surface area (Å²) in [6.07, 6.45) is 0. The van der Waals surface area contributed by atoms with Gasteiger partial charge in [-0.25, -0.2) is 0 Å². The lowest BCUT2D eigenvalue weighted by Crippen LogP contribution is -2.29. The minimum atomic E-state index is -0.966. The van der Waals surface area contributed by atoms with Crippen molar-refractivity contribution in [3.05, 3.63) is 86.9 Å². The third kappa shape index (κ3) is 4.72. The summed E-state index contributed by atoms with van der Waals surface area (Å²) in [5.41, 5.74) is 1.88. The van der Waals surface area contributed by atoms with Gasteiger partial charge in [0.25, 0.3) is 11.7 Å². The van der Waals surface area contributed by atoms with E-state index in [1.807, 2.05) is 19.9 Å². The smallest absolute Gasteiger partial charge is 0.300 e. The van der Waals surface area contributed by atoms with Gasteiger partial charge in [-0.2, -0.15) is 0 Å². The number of methoxy groups -OCH3 is 2. The summed E-state index contributed by atoms with van der Waals surface area (Å²) in [6.45, 7) is 4.17. The van der Waals surface area contributed by atoms with Gasteiger partial charge in [-0.15, -0.1) is 0 Å². The van der Waals surface area contributed by atoms with E-state index in [1.165, 1.54) is 25.2 Å². The number of carbonyl (C=O) groups is 2. The lowest BCUT2D eigenvalue weighted by molar-refractivity contribution is -0.132. The molecule has 192 valence electrons. The van der Waals surface area contributed by atoms with Crippen LogP contribution in [0.2, 0.25) is 10.0 Å². The monoisotopic (exact) mass is 541 g/mol. The Morgan fingerprint density at radius 1 is 1.00 bits per heavy atom. The first kappa shape index (κ1) is 26.4. The van der Waals surface area contributed by atoms with Crippen molar-refractivity contribution < 1.29 is 28.9 Å². The zero-order valence-corrected chi connectivity index (χ0v) is 22.2. The predicted molar refractivity (Wildman–Crippen MR) is 143 cm³/mol. The van der Waals surface area contributed by atoms with Gasteiger partial charge in [-0.1, -0.05) is 47.5 Å². The van der Waals surface area contributed by atoms with Crippen molar-refractivity contribution in [1.82, 2.24) is 0 Å². The molecule has 1 aliphatic heterocycles. The fourth-order valence-electron chi connectivity index (χ4n) is 4.42. The standard InChI is InChI=1S/C28H25Cl2NO6/c1-5-37-18-11-7-9-16(13-18)23-21(25(33)28(34)31(23)17-10-6-8-15(2)12-17)24(32)19-14-20(29)27(36-4)22(30)26(19)35-3/h6-14,23,32H,5H2,1-4H3/b24-21+. The number of Topliss-reactive ketones (excluding diaryl/α,β-unsaturated/α-hetero) is 1. The van der Waals surface area contributed by atoms with Crippen LogP contribution in [0.4, 0.5) is 5.69 Å². The van der Waals surface area contributed by atoms with Gasteiger partial charge in [-0.3, -0.25) is 14.5 Å². The number of amides is 1. The Hall–Kier alpha value is -3.68. The van der Waals surface area contributed by atoms with Crippen LogP contribution in [0.5, 0.6) is 17.2 Å². The van der Waals surface area contributed by atoms with E-state index in [0.29, 0.717) is 23.6 Å². The normalized spacial score (nSPS) is 16.7. The van der Waals surface area contributed by atoms with Crippen molar-refractivity contribution >= 4 is 46.3 Å². The molecule has 9 heteroatoms. The number of hydrogen-bond donors (Lipinski definition) is 1. The van der Waals surface area contributed by atoms with Crippen LogP contribution < -0.4 is 19.1 Å². The molecule has 1 saturated heterocycles. The molecule has 3 aromatic rings. The number of benzene rings is 3. The molecule has 0 saturated carbocycles. The molecule has 1 aliphatic rings. The fourth-order valence-corrected chi connectivity index (χ4v) is 5.11. The number of ketones is 1. The Morgan fingerprint density at radius 2 is 1.70 bits per heavy atom. The SMILES string of the molecule is CCOc1cccc(C2/C(=C(\O)c3cc(Cl)c(OC)c(Cl)c3OC)C(=O)C(=O)N2c2cccc(C)c2)c1. The first-order valence-electron chi connectivity index (χ1n) is 11.4. The van der Waals surface area contributed by atoms with E-state index in [4.69, 9.17) is 37.4 Å². The van der Waals surface area contributed by atoms with Crippen molar-refractivity contribution in [1.29, 1.82) is 0 Å². The number of aryl methyl sites for hydroxylation is 1. The van der Waals surface area contributed by atoms with Crippen LogP contribution in [-0.4, -0.2) is 37.6 Å². The summed E-state index contributed by atoms with van der Waals surface area (Å²) >= 11 is 12.8. The number of rotatable bonds is 7. The average molecular weight is 542 g/mol. The van der Waals surface area contributed by atoms with Crippen molar-refractivity contribution in [2.24, 2.45) is 0 Å². The second kappa shape index (κ2) is 10.7. The van der Waals surface area contributed by atoms with Crippen molar-refractivity contribution in [3.63, 3.8) is 0 Å². The molecule has 1 fully saturated rings. The summed E-state index contributed by atoms with van der Waals surface area (Å²) < 4.78 is 16.3. The van der Waals surface area contributed by atoms with Gasteiger partial charge in [-0.05, 0) is 55.3 Å². The van der Waals surface area contributed by atoms with E-state index in [2.05, 4.69) is 0 Å². The molecule has 0 bridgehead atoms. The van der Waals surface area contributed by atoms with Gasteiger partial charge in [0.1, 0.15) is 16.5 Å². The fraction of sp³-hybridized carbons (Fsp3) is 0.214. The van der Waals surface area contributed by atoms with E-state index in [1.54, 1.807) is 42.5 Å². The molecule has 1 heterocycles. The maximum Gasteiger partial charge on any atom is 0.300 e. The summed E-state index contributed by atoms with van der Waals surface area (Å²) in [4.78, 5) is 28.3. The number of ether oxygens (including phenoxy) is 3. The second-order valence-corrected chi connectivity index (χ2v) is 9.09. The summed E-state index contributed by atoms with van der Waals surface area (Å²) in [5.74, 6) is -1.38. The number of hydrogen-bond acceptors (Lipinski definition) is 6. The summed E-state index contributed by atoms with van der Waals surface area (Å²) in [6, 6.07) is 14.7. The topological polar surface area (TPSA) is 85.3 Å². The zero-order valence-electron chi connectivity index (χ0n) is 20.7. The van der Waals surface area contributed by atoms with E-state index in [0.717, 1.165) is 5.56 Å². The Labute approximate surface area is 224 Å². The summed E-state index contributed by atoms with van der Waals surface area (Å²) in [5, 5.41) is 11.7. The van der Waals surface area contributed by atoms with Crippen LogP contribution in [0, 0.1) is 6.92 Å². The lowest BCUT2D eigenvalue weighted by Gasteiger charge is -2.26. The molecule has 1 amide bonds. The van der Waals surface area contributed by atoms with Crippen molar-refractivity contribution in [3.8, 4) is 17.2 Å². The Balaban J connectivity index is 2.02. The molecule has 0 spiro atoms. The molecule has 4 rings (SSSR count). The number of halogens is 2. The first-order valence-corrected chi connectivity index (χ1v) is 12.2. The number of aliphatic hydroxyl groups is 1. The van der Waals surface area contributed by atoms with E-state index >= 15 is 0 Å². The van der Waals surface area contributed by atoms with Crippen molar-refractivity contribution in [2.75, 3.05) is 25.7 Å². The average Bonchev–Trinajstić information content (AvgIpc) is 3.14.